The van der Waals surface area contributed by atoms with Crippen molar-refractivity contribution in [1.82, 2.24) is 19.5 Å². The first-order valence-electron chi connectivity index (χ1n) is 11.3. The summed E-state index contributed by atoms with van der Waals surface area (Å²) in [6.07, 6.45) is 3.50. The third-order valence-electron chi connectivity index (χ3n) is 5.60. The van der Waals surface area contributed by atoms with Crippen LogP contribution in [0.5, 0.6) is 11.5 Å². The summed E-state index contributed by atoms with van der Waals surface area (Å²) in [5.74, 6) is 2.19. The molecule has 0 aliphatic heterocycles. The van der Waals surface area contributed by atoms with Crippen LogP contribution in [0.3, 0.4) is 0 Å². The van der Waals surface area contributed by atoms with Gasteiger partial charge in [-0.3, -0.25) is 14.3 Å². The summed E-state index contributed by atoms with van der Waals surface area (Å²) in [5.41, 5.74) is 4.47. The van der Waals surface area contributed by atoms with Crippen LogP contribution in [0.4, 0.5) is 0 Å². The Labute approximate surface area is 213 Å². The summed E-state index contributed by atoms with van der Waals surface area (Å²) in [6, 6.07) is 13.2. The molecule has 3 heterocycles. The van der Waals surface area contributed by atoms with Gasteiger partial charge in [-0.2, -0.15) is 0 Å². The molecule has 0 bridgehead atoms. The van der Waals surface area contributed by atoms with Crippen LogP contribution in [-0.2, 0) is 6.61 Å². The Morgan fingerprint density at radius 3 is 2.60 bits per heavy atom. The van der Waals surface area contributed by atoms with Gasteiger partial charge in [-0.05, 0) is 65.2 Å². The molecule has 1 aromatic carbocycles. The minimum Gasteiger partial charge on any atom is -0.497 e. The molecule has 8 heteroatoms. The van der Waals surface area contributed by atoms with Crippen LogP contribution in [0.1, 0.15) is 42.4 Å². The van der Waals surface area contributed by atoms with Crippen molar-refractivity contribution in [1.29, 1.82) is 0 Å². The molecule has 0 aliphatic carbocycles. The van der Waals surface area contributed by atoms with Crippen LogP contribution in [0, 0.1) is 13.8 Å². The maximum absolute atomic E-state index is 13.4. The number of halogens is 1. The molecule has 0 amide bonds. The first-order chi connectivity index (χ1) is 16.8. The Morgan fingerprint density at radius 2 is 1.86 bits per heavy atom. The van der Waals surface area contributed by atoms with Crippen molar-refractivity contribution in [3.8, 4) is 28.6 Å². The average molecular weight is 535 g/mol. The first-order valence-corrected chi connectivity index (χ1v) is 12.1. The van der Waals surface area contributed by atoms with Crippen molar-refractivity contribution in [3.63, 3.8) is 0 Å². The SMILES string of the molecule is COc1cccc(COc2cc(C)n(-c3cc(-c4ccnc(C(C)C)n4)ncc3C)c(=O)c2Br)c1. The molecule has 180 valence electrons. The smallest absolute Gasteiger partial charge is 0.273 e. The molecule has 0 fully saturated rings. The monoisotopic (exact) mass is 534 g/mol. The van der Waals surface area contributed by atoms with E-state index in [0.717, 1.165) is 34.1 Å². The van der Waals surface area contributed by atoms with Gasteiger partial charge in [0.1, 0.15) is 28.4 Å². The van der Waals surface area contributed by atoms with E-state index >= 15 is 0 Å². The number of rotatable bonds is 7. The number of aromatic nitrogens is 4. The summed E-state index contributed by atoms with van der Waals surface area (Å²) in [4.78, 5) is 27.0. The Bertz CT molecular complexity index is 1430. The van der Waals surface area contributed by atoms with Gasteiger partial charge in [0.05, 0.1) is 24.2 Å². The third kappa shape index (κ3) is 5.27. The minimum absolute atomic E-state index is 0.199. The standard InChI is InChI=1S/C27H27BrN4O3/c1-16(2)26-29-10-9-21(31-26)22-13-23(17(3)14-30-22)32-18(4)11-24(25(28)27(32)33)35-15-19-7-6-8-20(12-19)34-5/h6-14,16H,15H2,1-5H3. The summed E-state index contributed by atoms with van der Waals surface area (Å²) >= 11 is 3.46. The van der Waals surface area contributed by atoms with Gasteiger partial charge in [-0.15, -0.1) is 0 Å². The van der Waals surface area contributed by atoms with Crippen LogP contribution in [-0.4, -0.2) is 26.6 Å². The molecule has 0 radical (unpaired) electrons. The van der Waals surface area contributed by atoms with Crippen LogP contribution in [0.2, 0.25) is 0 Å². The zero-order valence-corrected chi connectivity index (χ0v) is 22.0. The van der Waals surface area contributed by atoms with E-state index in [1.165, 1.54) is 0 Å². The predicted molar refractivity (Wildman–Crippen MR) is 139 cm³/mol. The van der Waals surface area contributed by atoms with Gasteiger partial charge in [0.25, 0.3) is 5.56 Å². The highest BCUT2D eigenvalue weighted by molar-refractivity contribution is 9.10. The Balaban J connectivity index is 1.70. The summed E-state index contributed by atoms with van der Waals surface area (Å²) in [7, 11) is 1.63. The van der Waals surface area contributed by atoms with Crippen molar-refractivity contribution < 1.29 is 9.47 Å². The Morgan fingerprint density at radius 1 is 1.06 bits per heavy atom. The molecule has 4 aromatic rings. The van der Waals surface area contributed by atoms with E-state index in [1.807, 2.05) is 70.2 Å². The number of hydrogen-bond donors (Lipinski definition) is 0. The molecule has 0 atom stereocenters. The Hall–Kier alpha value is -3.52. The summed E-state index contributed by atoms with van der Waals surface area (Å²) < 4.78 is 13.3. The van der Waals surface area contributed by atoms with Crippen molar-refractivity contribution in [2.45, 2.75) is 40.2 Å². The largest absolute Gasteiger partial charge is 0.497 e. The fourth-order valence-electron chi connectivity index (χ4n) is 3.70. The van der Waals surface area contributed by atoms with Crippen LogP contribution < -0.4 is 15.0 Å². The molecule has 0 N–H and O–H groups in total. The number of benzene rings is 1. The van der Waals surface area contributed by atoms with E-state index < -0.39 is 0 Å². The van der Waals surface area contributed by atoms with Gasteiger partial charge in [-0.25, -0.2) is 9.97 Å². The fourth-order valence-corrected chi connectivity index (χ4v) is 4.10. The second kappa shape index (κ2) is 10.4. The molecular formula is C27H27BrN4O3. The lowest BCUT2D eigenvalue weighted by atomic mass is 10.1. The van der Waals surface area contributed by atoms with Crippen molar-refractivity contribution >= 4 is 15.9 Å². The summed E-state index contributed by atoms with van der Waals surface area (Å²) in [5, 5.41) is 0. The number of methoxy groups -OCH3 is 1. The lowest BCUT2D eigenvalue weighted by Crippen LogP contribution is -2.23. The van der Waals surface area contributed by atoms with Gasteiger partial charge in [-0.1, -0.05) is 26.0 Å². The molecule has 0 spiro atoms. The van der Waals surface area contributed by atoms with Gasteiger partial charge in [0, 0.05) is 30.1 Å². The van der Waals surface area contributed by atoms with E-state index in [0.29, 0.717) is 28.2 Å². The molecule has 4 rings (SSSR count). The topological polar surface area (TPSA) is 79.1 Å². The van der Waals surface area contributed by atoms with Gasteiger partial charge >= 0.3 is 0 Å². The third-order valence-corrected chi connectivity index (χ3v) is 6.33. The van der Waals surface area contributed by atoms with Gasteiger partial charge < -0.3 is 9.47 Å². The first kappa shape index (κ1) is 24.6. The van der Waals surface area contributed by atoms with Gasteiger partial charge in [0.15, 0.2) is 0 Å². The Kier molecular flexibility index (Phi) is 7.31. The van der Waals surface area contributed by atoms with E-state index in [1.54, 1.807) is 24.1 Å². The highest BCUT2D eigenvalue weighted by Gasteiger charge is 2.17. The maximum atomic E-state index is 13.4. The van der Waals surface area contributed by atoms with Crippen molar-refractivity contribution in [3.05, 3.63) is 92.3 Å². The quantitative estimate of drug-likeness (QED) is 0.299. The summed E-state index contributed by atoms with van der Waals surface area (Å²) in [6.45, 7) is 8.21. The van der Waals surface area contributed by atoms with Crippen molar-refractivity contribution in [2.24, 2.45) is 0 Å². The molecule has 0 saturated heterocycles. The lowest BCUT2D eigenvalue weighted by Gasteiger charge is -2.17. The second-order valence-electron chi connectivity index (χ2n) is 8.56. The number of hydrogen-bond acceptors (Lipinski definition) is 6. The zero-order chi connectivity index (χ0) is 25.1. The predicted octanol–water partition coefficient (Wildman–Crippen LogP) is 5.78. The van der Waals surface area contributed by atoms with E-state index in [9.17, 15) is 4.79 Å². The molecule has 7 nitrogen and oxygen atoms in total. The highest BCUT2D eigenvalue weighted by Crippen LogP contribution is 2.28. The van der Waals surface area contributed by atoms with E-state index in [2.05, 4.69) is 30.9 Å². The minimum atomic E-state index is -0.212. The van der Waals surface area contributed by atoms with Crippen LogP contribution in [0.25, 0.3) is 17.1 Å². The van der Waals surface area contributed by atoms with E-state index in [4.69, 9.17) is 9.47 Å². The number of ether oxygens (including phenoxy) is 2. The molecule has 0 saturated carbocycles. The van der Waals surface area contributed by atoms with Crippen molar-refractivity contribution in [2.75, 3.05) is 7.11 Å². The molecule has 35 heavy (non-hydrogen) atoms. The molecule has 3 aromatic heterocycles. The lowest BCUT2D eigenvalue weighted by molar-refractivity contribution is 0.302. The van der Waals surface area contributed by atoms with Crippen LogP contribution in [0.15, 0.2) is 64.1 Å². The highest BCUT2D eigenvalue weighted by atomic mass is 79.9. The van der Waals surface area contributed by atoms with E-state index in [-0.39, 0.29) is 11.5 Å². The fraction of sp³-hybridized carbons (Fsp3) is 0.259. The zero-order valence-electron chi connectivity index (χ0n) is 20.4. The average Bonchev–Trinajstić information content (AvgIpc) is 2.86. The normalized spacial score (nSPS) is 11.1. The maximum Gasteiger partial charge on any atom is 0.273 e. The molecular weight excluding hydrogens is 508 g/mol. The second-order valence-corrected chi connectivity index (χ2v) is 9.35. The van der Waals surface area contributed by atoms with Gasteiger partial charge in [0.2, 0.25) is 0 Å². The molecule has 0 unspecified atom stereocenters. The van der Waals surface area contributed by atoms with Crippen LogP contribution >= 0.6 is 15.9 Å². The number of aryl methyl sites for hydroxylation is 2. The number of nitrogens with zero attached hydrogens (tertiary/aromatic N) is 4. The number of pyridine rings is 2. The molecule has 0 aliphatic rings.